The molecule has 4 heteroatoms. The van der Waals surface area contributed by atoms with Gasteiger partial charge in [0, 0.05) is 14.1 Å². The van der Waals surface area contributed by atoms with E-state index in [1.54, 1.807) is 0 Å². The number of guanidine groups is 1. The zero-order valence-corrected chi connectivity index (χ0v) is 12.2. The average Bonchev–Trinajstić information content (AvgIpc) is 2.79. The van der Waals surface area contributed by atoms with E-state index in [0.29, 0.717) is 5.96 Å². The van der Waals surface area contributed by atoms with E-state index in [2.05, 4.69) is 29.4 Å². The Hall–Kier alpha value is -2.49. The van der Waals surface area contributed by atoms with Crippen LogP contribution in [0.3, 0.4) is 0 Å². The molecule has 1 fully saturated rings. The van der Waals surface area contributed by atoms with Crippen molar-refractivity contribution in [2.24, 2.45) is 5.16 Å². The van der Waals surface area contributed by atoms with E-state index in [1.807, 2.05) is 60.3 Å². The van der Waals surface area contributed by atoms with Crippen molar-refractivity contribution in [1.82, 2.24) is 9.80 Å². The SMILES string of the molecule is CN1C(=NO)N(C)[C@@H](c2ccccc2)[C@@H]1c1ccccc1. The fraction of sp³-hybridized carbons (Fsp3) is 0.235. The lowest BCUT2D eigenvalue weighted by molar-refractivity contribution is 0.298. The molecule has 1 aliphatic heterocycles. The number of hydrogen-bond donors (Lipinski definition) is 1. The highest BCUT2D eigenvalue weighted by molar-refractivity contribution is 5.82. The predicted molar refractivity (Wildman–Crippen MR) is 83.1 cm³/mol. The first-order valence-corrected chi connectivity index (χ1v) is 7.01. The van der Waals surface area contributed by atoms with E-state index in [9.17, 15) is 5.21 Å². The Labute approximate surface area is 124 Å². The number of nitrogens with zero attached hydrogens (tertiary/aromatic N) is 3. The van der Waals surface area contributed by atoms with Crippen LogP contribution in [0.2, 0.25) is 0 Å². The van der Waals surface area contributed by atoms with Crippen LogP contribution < -0.4 is 0 Å². The van der Waals surface area contributed by atoms with Gasteiger partial charge in [-0.2, -0.15) is 0 Å². The normalized spacial score (nSPS) is 21.7. The van der Waals surface area contributed by atoms with Crippen LogP contribution in [0.1, 0.15) is 23.2 Å². The van der Waals surface area contributed by atoms with Gasteiger partial charge >= 0.3 is 0 Å². The Morgan fingerprint density at radius 1 is 0.762 bits per heavy atom. The molecule has 0 amide bonds. The molecule has 0 unspecified atom stereocenters. The number of likely N-dealkylation sites (N-methyl/N-ethyl adjacent to an activating group) is 2. The van der Waals surface area contributed by atoms with Crippen molar-refractivity contribution < 1.29 is 5.21 Å². The van der Waals surface area contributed by atoms with Crippen LogP contribution in [0.5, 0.6) is 0 Å². The second-order valence-electron chi connectivity index (χ2n) is 5.33. The van der Waals surface area contributed by atoms with Crippen LogP contribution in [-0.4, -0.2) is 35.1 Å². The van der Waals surface area contributed by atoms with Gasteiger partial charge in [0.1, 0.15) is 0 Å². The van der Waals surface area contributed by atoms with Crippen molar-refractivity contribution in [2.45, 2.75) is 12.1 Å². The first kappa shape index (κ1) is 13.5. The summed E-state index contributed by atoms with van der Waals surface area (Å²) in [7, 11) is 3.93. The Bertz CT molecular complexity index is 573. The predicted octanol–water partition coefficient (Wildman–Crippen LogP) is 3.09. The quantitative estimate of drug-likeness (QED) is 0.679. The number of hydrogen-bond acceptors (Lipinski definition) is 2. The Morgan fingerprint density at radius 3 is 1.48 bits per heavy atom. The maximum Gasteiger partial charge on any atom is 0.239 e. The highest BCUT2D eigenvalue weighted by Crippen LogP contribution is 2.42. The Balaban J connectivity index is 2.10. The lowest BCUT2D eigenvalue weighted by Crippen LogP contribution is -2.29. The fourth-order valence-electron chi connectivity index (χ4n) is 3.17. The van der Waals surface area contributed by atoms with Gasteiger partial charge in [0.15, 0.2) is 0 Å². The molecule has 1 N–H and O–H groups in total. The van der Waals surface area contributed by atoms with E-state index in [-0.39, 0.29) is 12.1 Å². The Morgan fingerprint density at radius 2 is 1.14 bits per heavy atom. The van der Waals surface area contributed by atoms with Crippen LogP contribution in [0.25, 0.3) is 0 Å². The summed E-state index contributed by atoms with van der Waals surface area (Å²) in [5.74, 6) is 0.581. The van der Waals surface area contributed by atoms with Gasteiger partial charge in [0.25, 0.3) is 0 Å². The molecule has 1 heterocycles. The topological polar surface area (TPSA) is 39.1 Å². The van der Waals surface area contributed by atoms with Crippen molar-refractivity contribution in [2.75, 3.05) is 14.1 Å². The summed E-state index contributed by atoms with van der Waals surface area (Å²) in [5.41, 5.74) is 2.42. The second-order valence-corrected chi connectivity index (χ2v) is 5.33. The molecule has 0 spiro atoms. The molecule has 0 saturated carbocycles. The lowest BCUT2D eigenvalue weighted by Gasteiger charge is -2.26. The molecular weight excluding hydrogens is 262 g/mol. The standard InChI is InChI=1S/C17H19N3O/c1-19-15(13-9-5-3-6-10-13)16(20(2)17(19)18-21)14-11-7-4-8-12-14/h3-12,15-16,21H,1-2H3/t15-,16-/m0/s1. The summed E-state index contributed by atoms with van der Waals surface area (Å²) < 4.78 is 0. The largest absolute Gasteiger partial charge is 0.408 e. The van der Waals surface area contributed by atoms with Gasteiger partial charge in [-0.05, 0) is 11.1 Å². The average molecular weight is 281 g/mol. The van der Waals surface area contributed by atoms with Gasteiger partial charge in [-0.1, -0.05) is 65.8 Å². The van der Waals surface area contributed by atoms with Crippen molar-refractivity contribution in [3.8, 4) is 0 Å². The first-order chi connectivity index (χ1) is 10.2. The molecule has 2 aromatic carbocycles. The van der Waals surface area contributed by atoms with E-state index < -0.39 is 0 Å². The maximum atomic E-state index is 9.34. The fourth-order valence-corrected chi connectivity index (χ4v) is 3.17. The monoisotopic (exact) mass is 281 g/mol. The summed E-state index contributed by atoms with van der Waals surface area (Å²) in [4.78, 5) is 4.04. The molecule has 2 atom stereocenters. The van der Waals surface area contributed by atoms with E-state index in [4.69, 9.17) is 0 Å². The third kappa shape index (κ3) is 2.23. The van der Waals surface area contributed by atoms with Gasteiger partial charge in [0.2, 0.25) is 5.96 Å². The molecule has 21 heavy (non-hydrogen) atoms. The molecule has 0 radical (unpaired) electrons. The molecule has 1 saturated heterocycles. The molecule has 108 valence electrons. The number of benzene rings is 2. The summed E-state index contributed by atoms with van der Waals surface area (Å²) in [5, 5.41) is 12.8. The molecule has 3 rings (SSSR count). The molecule has 1 aliphatic rings. The second kappa shape index (κ2) is 5.48. The summed E-state index contributed by atoms with van der Waals surface area (Å²) in [6.45, 7) is 0. The number of oxime groups is 1. The minimum Gasteiger partial charge on any atom is -0.408 e. The van der Waals surface area contributed by atoms with Crippen LogP contribution >= 0.6 is 0 Å². The minimum absolute atomic E-state index is 0.115. The summed E-state index contributed by atoms with van der Waals surface area (Å²) in [6.07, 6.45) is 0. The van der Waals surface area contributed by atoms with Crippen LogP contribution in [0.15, 0.2) is 65.8 Å². The van der Waals surface area contributed by atoms with Gasteiger partial charge < -0.3 is 15.0 Å². The van der Waals surface area contributed by atoms with E-state index in [0.717, 1.165) is 0 Å². The minimum atomic E-state index is 0.115. The molecule has 0 bridgehead atoms. The molecule has 0 aromatic heterocycles. The van der Waals surface area contributed by atoms with E-state index in [1.165, 1.54) is 11.1 Å². The van der Waals surface area contributed by atoms with Crippen molar-refractivity contribution in [3.63, 3.8) is 0 Å². The zero-order valence-electron chi connectivity index (χ0n) is 12.2. The summed E-state index contributed by atoms with van der Waals surface area (Å²) in [6, 6.07) is 20.9. The zero-order chi connectivity index (χ0) is 14.8. The third-order valence-electron chi connectivity index (χ3n) is 4.14. The Kier molecular flexibility index (Phi) is 3.52. The smallest absolute Gasteiger partial charge is 0.239 e. The van der Waals surface area contributed by atoms with Crippen LogP contribution in [-0.2, 0) is 0 Å². The third-order valence-corrected chi connectivity index (χ3v) is 4.14. The van der Waals surface area contributed by atoms with Crippen LogP contribution in [0, 0.1) is 0 Å². The van der Waals surface area contributed by atoms with Crippen LogP contribution in [0.4, 0.5) is 0 Å². The molecule has 4 nitrogen and oxygen atoms in total. The first-order valence-electron chi connectivity index (χ1n) is 7.01. The lowest BCUT2D eigenvalue weighted by atomic mass is 9.93. The highest BCUT2D eigenvalue weighted by Gasteiger charge is 2.42. The van der Waals surface area contributed by atoms with Gasteiger partial charge in [-0.15, -0.1) is 0 Å². The van der Waals surface area contributed by atoms with Crippen molar-refractivity contribution in [1.29, 1.82) is 0 Å². The maximum absolute atomic E-state index is 9.34. The van der Waals surface area contributed by atoms with Gasteiger partial charge in [-0.25, -0.2) is 0 Å². The molecule has 2 aromatic rings. The summed E-state index contributed by atoms with van der Waals surface area (Å²) >= 11 is 0. The van der Waals surface area contributed by atoms with E-state index >= 15 is 0 Å². The van der Waals surface area contributed by atoms with Gasteiger partial charge in [-0.3, -0.25) is 0 Å². The number of rotatable bonds is 2. The highest BCUT2D eigenvalue weighted by atomic mass is 16.4. The van der Waals surface area contributed by atoms with Gasteiger partial charge in [0.05, 0.1) is 12.1 Å². The molecule has 0 aliphatic carbocycles. The molecular formula is C17H19N3O. The van der Waals surface area contributed by atoms with Crippen molar-refractivity contribution in [3.05, 3.63) is 71.8 Å². The van der Waals surface area contributed by atoms with Crippen molar-refractivity contribution >= 4 is 5.96 Å².